The average molecular weight is 328 g/mol. The third-order valence-electron chi connectivity index (χ3n) is 3.14. The number of thiazole rings is 2. The number of aromatic amines is 1. The van der Waals surface area contributed by atoms with Gasteiger partial charge in [-0.25, -0.2) is 9.97 Å². The second kappa shape index (κ2) is 7.31. The zero-order chi connectivity index (χ0) is 15.2. The summed E-state index contributed by atoms with van der Waals surface area (Å²) in [6, 6.07) is 8.29. The zero-order valence-corrected chi connectivity index (χ0v) is 13.5. The van der Waals surface area contributed by atoms with Gasteiger partial charge in [-0.3, -0.25) is 0 Å². The van der Waals surface area contributed by atoms with Crippen LogP contribution in [0.25, 0.3) is 20.9 Å². The molecule has 3 heterocycles. The lowest BCUT2D eigenvalue weighted by molar-refractivity contribution is 0.976. The summed E-state index contributed by atoms with van der Waals surface area (Å²) in [6.07, 6.45) is 6.57. The fourth-order valence-corrected chi connectivity index (χ4v) is 3.49. The van der Waals surface area contributed by atoms with Crippen LogP contribution in [0.4, 0.5) is 0 Å². The van der Waals surface area contributed by atoms with Gasteiger partial charge in [0.1, 0.15) is 0 Å². The first-order valence-electron chi connectivity index (χ1n) is 6.93. The fraction of sp³-hybridized carbons (Fsp3) is 0.125. The highest BCUT2D eigenvalue weighted by atomic mass is 32.1. The Morgan fingerprint density at radius 3 is 2.27 bits per heavy atom. The number of benzene rings is 1. The summed E-state index contributed by atoms with van der Waals surface area (Å²) >= 11 is 3.23. The number of nitrogens with two attached hydrogens (primary N) is 1. The lowest BCUT2D eigenvalue weighted by atomic mass is 10.1. The third kappa shape index (κ3) is 3.41. The van der Waals surface area contributed by atoms with Crippen molar-refractivity contribution in [1.29, 1.82) is 0 Å². The molecule has 0 saturated carbocycles. The van der Waals surface area contributed by atoms with Crippen molar-refractivity contribution in [1.82, 2.24) is 15.0 Å². The molecular formula is C16H16N4S2. The molecular weight excluding hydrogens is 312 g/mol. The Kier molecular flexibility index (Phi) is 4.95. The predicted octanol–water partition coefficient (Wildman–Crippen LogP) is 3.94. The monoisotopic (exact) mass is 328 g/mol. The van der Waals surface area contributed by atoms with Crippen LogP contribution >= 0.6 is 22.7 Å². The average Bonchev–Trinajstić information content (AvgIpc) is 3.30. The van der Waals surface area contributed by atoms with Crippen molar-refractivity contribution in [3.8, 4) is 10.0 Å². The lowest BCUT2D eigenvalue weighted by Gasteiger charge is -1.93. The molecule has 0 aliphatic rings. The van der Waals surface area contributed by atoms with Crippen molar-refractivity contribution in [3.05, 3.63) is 59.2 Å². The van der Waals surface area contributed by atoms with Crippen molar-refractivity contribution in [2.45, 2.75) is 6.42 Å². The highest BCUT2D eigenvalue weighted by molar-refractivity contribution is 7.19. The first-order valence-corrected chi connectivity index (χ1v) is 8.69. The summed E-state index contributed by atoms with van der Waals surface area (Å²) in [4.78, 5) is 11.5. The molecule has 0 amide bonds. The molecule has 0 spiro atoms. The van der Waals surface area contributed by atoms with E-state index in [-0.39, 0.29) is 0 Å². The van der Waals surface area contributed by atoms with Crippen LogP contribution in [0.2, 0.25) is 0 Å². The largest absolute Gasteiger partial charge is 0.361 e. The van der Waals surface area contributed by atoms with E-state index in [0.717, 1.165) is 16.4 Å². The van der Waals surface area contributed by atoms with Crippen LogP contribution in [-0.2, 0) is 6.42 Å². The Morgan fingerprint density at radius 1 is 1.00 bits per heavy atom. The zero-order valence-electron chi connectivity index (χ0n) is 11.9. The minimum absolute atomic E-state index is 0.710. The number of hydrogen-bond acceptors (Lipinski definition) is 5. The molecule has 0 aliphatic heterocycles. The number of rotatable bonds is 3. The molecule has 0 bridgehead atoms. The maximum absolute atomic E-state index is 5.50. The number of nitrogens with one attached hydrogen (secondary N) is 1. The number of fused-ring (bicyclic) bond motifs is 1. The van der Waals surface area contributed by atoms with Gasteiger partial charge in [0, 0.05) is 40.3 Å². The van der Waals surface area contributed by atoms with E-state index in [9.17, 15) is 0 Å². The van der Waals surface area contributed by atoms with Gasteiger partial charge in [-0.15, -0.1) is 22.7 Å². The highest BCUT2D eigenvalue weighted by Crippen LogP contribution is 2.22. The molecule has 3 aromatic heterocycles. The van der Waals surface area contributed by atoms with E-state index < -0.39 is 0 Å². The molecule has 4 nitrogen and oxygen atoms in total. The van der Waals surface area contributed by atoms with Crippen LogP contribution in [0.5, 0.6) is 0 Å². The smallest absolute Gasteiger partial charge is 0.152 e. The van der Waals surface area contributed by atoms with Crippen molar-refractivity contribution < 1.29 is 0 Å². The van der Waals surface area contributed by atoms with Crippen molar-refractivity contribution in [3.63, 3.8) is 0 Å². The topological polar surface area (TPSA) is 67.6 Å². The summed E-state index contributed by atoms with van der Waals surface area (Å²) in [6.45, 7) is 0.710. The molecule has 4 aromatic rings. The van der Waals surface area contributed by atoms with Crippen molar-refractivity contribution in [2.75, 3.05) is 6.54 Å². The van der Waals surface area contributed by atoms with Crippen molar-refractivity contribution in [2.24, 2.45) is 5.73 Å². The fourth-order valence-electron chi connectivity index (χ4n) is 2.15. The van der Waals surface area contributed by atoms with E-state index in [1.54, 1.807) is 35.1 Å². The molecule has 112 valence electrons. The van der Waals surface area contributed by atoms with Crippen LogP contribution in [-0.4, -0.2) is 21.5 Å². The molecule has 1 aromatic carbocycles. The molecule has 0 unspecified atom stereocenters. The van der Waals surface area contributed by atoms with Crippen LogP contribution in [0.1, 0.15) is 5.56 Å². The molecule has 3 N–H and O–H groups in total. The van der Waals surface area contributed by atoms with Crippen LogP contribution in [0, 0.1) is 0 Å². The molecule has 0 radical (unpaired) electrons. The number of H-pyrrole nitrogens is 1. The molecule has 22 heavy (non-hydrogen) atoms. The van der Waals surface area contributed by atoms with Crippen LogP contribution in [0.15, 0.2) is 53.6 Å². The maximum atomic E-state index is 5.50. The number of hydrogen-bond donors (Lipinski definition) is 2. The molecule has 0 aliphatic carbocycles. The Hall–Kier alpha value is -2.02. The first-order chi connectivity index (χ1) is 10.9. The molecule has 6 heteroatoms. The quantitative estimate of drug-likeness (QED) is 0.598. The number of nitrogens with zero attached hydrogens (tertiary/aromatic N) is 2. The normalized spacial score (nSPS) is 10.4. The van der Waals surface area contributed by atoms with Gasteiger partial charge in [0.05, 0.1) is 0 Å². The van der Waals surface area contributed by atoms with Crippen LogP contribution in [0.3, 0.4) is 0 Å². The first kappa shape index (κ1) is 14.9. The van der Waals surface area contributed by atoms with E-state index in [0.29, 0.717) is 6.54 Å². The van der Waals surface area contributed by atoms with Crippen LogP contribution < -0.4 is 5.73 Å². The van der Waals surface area contributed by atoms with Gasteiger partial charge in [0.25, 0.3) is 0 Å². The minimum atomic E-state index is 0.710. The molecule has 0 saturated heterocycles. The van der Waals surface area contributed by atoms with Gasteiger partial charge in [-0.05, 0) is 24.6 Å². The summed E-state index contributed by atoms with van der Waals surface area (Å²) in [7, 11) is 0. The van der Waals surface area contributed by atoms with Gasteiger partial charge in [-0.1, -0.05) is 18.2 Å². The van der Waals surface area contributed by atoms with Gasteiger partial charge in [0.2, 0.25) is 0 Å². The Morgan fingerprint density at radius 2 is 1.68 bits per heavy atom. The second-order valence-corrected chi connectivity index (χ2v) is 6.36. The third-order valence-corrected chi connectivity index (χ3v) is 4.83. The van der Waals surface area contributed by atoms with Gasteiger partial charge in [0.15, 0.2) is 10.0 Å². The molecule has 4 rings (SSSR count). The van der Waals surface area contributed by atoms with E-state index in [2.05, 4.69) is 33.2 Å². The highest BCUT2D eigenvalue weighted by Gasteiger charge is 2.00. The summed E-state index contributed by atoms with van der Waals surface area (Å²) in [5.41, 5.74) is 8.01. The van der Waals surface area contributed by atoms with Gasteiger partial charge >= 0.3 is 0 Å². The van der Waals surface area contributed by atoms with Crippen molar-refractivity contribution >= 4 is 33.6 Å². The Labute approximate surface area is 136 Å². The number of aromatic nitrogens is 3. The Bertz CT molecular complexity index is 772. The maximum Gasteiger partial charge on any atom is 0.152 e. The summed E-state index contributed by atoms with van der Waals surface area (Å²) < 4.78 is 0. The standard InChI is InChI=1S/C10H12N2.C6H4N2S2/c11-6-5-8-7-12-10-4-2-1-3-9(8)10;1-3-9-5(7-1)6-8-2-4-10-6/h1-4,7,12H,5-6,11H2;1-4H. The summed E-state index contributed by atoms with van der Waals surface area (Å²) in [5, 5.41) is 7.22. The van der Waals surface area contributed by atoms with E-state index in [4.69, 9.17) is 5.73 Å². The minimum Gasteiger partial charge on any atom is -0.361 e. The van der Waals surface area contributed by atoms with Gasteiger partial charge < -0.3 is 10.7 Å². The van der Waals surface area contributed by atoms with Gasteiger partial charge in [-0.2, -0.15) is 0 Å². The Balaban J connectivity index is 0.000000133. The van der Waals surface area contributed by atoms with E-state index in [1.807, 2.05) is 23.0 Å². The van der Waals surface area contributed by atoms with E-state index in [1.165, 1.54) is 16.5 Å². The molecule has 0 fully saturated rings. The predicted molar refractivity (Wildman–Crippen MR) is 94.3 cm³/mol. The SMILES string of the molecule is NCCc1c[nH]c2ccccc12.c1csc(-c2nccs2)n1. The molecule has 0 atom stereocenters. The second-order valence-electron chi connectivity index (χ2n) is 4.57. The number of para-hydroxylation sites is 1. The summed E-state index contributed by atoms with van der Waals surface area (Å²) in [5.74, 6) is 0. The van der Waals surface area contributed by atoms with E-state index >= 15 is 0 Å². The lowest BCUT2D eigenvalue weighted by Crippen LogP contribution is -2.01.